The maximum absolute atomic E-state index is 9.79. The van der Waals surface area contributed by atoms with Crippen LogP contribution in [0.1, 0.15) is 155 Å². The topological polar surface area (TPSA) is 75.6 Å². The number of benzene rings is 1. The molecule has 10 atom stereocenters. The third kappa shape index (κ3) is 21.9. The molecule has 72 heavy (non-hydrogen) atoms. The largest absolute Gasteiger partial charge is 0.497 e. The van der Waals surface area contributed by atoms with Crippen LogP contribution in [0, 0.1) is 29.6 Å². The second-order valence-corrected chi connectivity index (χ2v) is 46.8. The van der Waals surface area contributed by atoms with E-state index in [-0.39, 0.29) is 81.0 Å². The summed E-state index contributed by atoms with van der Waals surface area (Å²) in [4.78, 5) is 0. The molecule has 418 valence electrons. The zero-order valence-electron chi connectivity index (χ0n) is 51.7. The van der Waals surface area contributed by atoms with Gasteiger partial charge < -0.3 is 32.3 Å². The van der Waals surface area contributed by atoms with E-state index in [4.69, 9.17) is 27.2 Å². The normalized spacial score (nSPS) is 18.5. The van der Waals surface area contributed by atoms with Crippen LogP contribution in [0.25, 0.3) is 0 Å². The lowest BCUT2D eigenvalue weighted by Gasteiger charge is -2.44. The number of unbranched alkanes of at least 4 members (excludes halogenated alkanes) is 1. The summed E-state index contributed by atoms with van der Waals surface area (Å²) in [5.41, 5.74) is 1.13. The zero-order chi connectivity index (χ0) is 55.9. The van der Waals surface area contributed by atoms with Crippen LogP contribution in [0.2, 0.25) is 72.5 Å². The molecule has 2 unspecified atom stereocenters. The van der Waals surface area contributed by atoms with E-state index in [1.165, 1.54) is 0 Å². The lowest BCUT2D eigenvalue weighted by Crippen LogP contribution is -2.48. The first-order valence-corrected chi connectivity index (χ1v) is 39.5. The fraction of sp³-hybridized carbons (Fsp3) is 0.770. The van der Waals surface area contributed by atoms with Crippen LogP contribution in [-0.4, -0.2) is 82.6 Å². The predicted molar refractivity (Wildman–Crippen MR) is 323 cm³/mol. The molecule has 1 aromatic rings. The van der Waals surface area contributed by atoms with E-state index in [2.05, 4.69) is 213 Å². The summed E-state index contributed by atoms with van der Waals surface area (Å²) in [6, 6.07) is 8.20. The Labute approximate surface area is 450 Å². The molecule has 1 aromatic carbocycles. The molecular weight excluding hydrogens is 957 g/mol. The number of aliphatic hydroxyl groups is 1. The van der Waals surface area contributed by atoms with Gasteiger partial charge >= 0.3 is 0 Å². The van der Waals surface area contributed by atoms with Gasteiger partial charge in [0.2, 0.25) is 0 Å². The standard InChI is InChI=1S/C61H116O7Si4/c1-28-29-33-48(4)57(64-45-51-38-41-52(63-19)42-39-51)50(6)54(66-70(22,23)59(10,11)12)36-31-30-34-47(3)56(68-72(26,27)61(16,17)18)49(5)37-40-53(65-69(20,21)58(7,8)9)44-55(46(2)35-32-43-62)67-71(24,25)60(13,14)15/h28-29,32-33,35,37-42,46-50,53-57,62H,1,30-31,34,36,43-45H2,2-27H3/t46-,47+,48+,49?,50+,53-,54-,55+,56?,57+/m1/s1. The van der Waals surface area contributed by atoms with Gasteiger partial charge in [0.25, 0.3) is 0 Å². The maximum atomic E-state index is 9.79. The molecular formula is C61H116O7Si4. The smallest absolute Gasteiger partial charge is 0.192 e. The number of methoxy groups -OCH3 is 1. The van der Waals surface area contributed by atoms with Crippen molar-refractivity contribution >= 4 is 33.3 Å². The van der Waals surface area contributed by atoms with Crippen molar-refractivity contribution in [2.24, 2.45) is 29.6 Å². The highest BCUT2D eigenvalue weighted by atomic mass is 28.4. The third-order valence-electron chi connectivity index (χ3n) is 17.5. The van der Waals surface area contributed by atoms with Crippen LogP contribution in [-0.2, 0) is 29.0 Å². The number of hydrogen-bond donors (Lipinski definition) is 1. The van der Waals surface area contributed by atoms with E-state index in [1.54, 1.807) is 7.11 Å². The minimum Gasteiger partial charge on any atom is -0.497 e. The van der Waals surface area contributed by atoms with Crippen molar-refractivity contribution < 1.29 is 32.3 Å². The first-order chi connectivity index (χ1) is 32.7. The molecule has 0 aliphatic rings. The Morgan fingerprint density at radius 1 is 0.556 bits per heavy atom. The maximum Gasteiger partial charge on any atom is 0.192 e. The van der Waals surface area contributed by atoms with Crippen molar-refractivity contribution in [3.63, 3.8) is 0 Å². The van der Waals surface area contributed by atoms with Crippen molar-refractivity contribution in [1.82, 2.24) is 0 Å². The molecule has 0 aliphatic heterocycles. The number of aliphatic hydroxyl groups excluding tert-OH is 1. The Bertz CT molecular complexity index is 1790. The lowest BCUT2D eigenvalue weighted by atomic mass is 9.85. The van der Waals surface area contributed by atoms with Crippen molar-refractivity contribution in [3.8, 4) is 5.75 Å². The van der Waals surface area contributed by atoms with Gasteiger partial charge in [-0.25, -0.2) is 0 Å². The third-order valence-corrected chi connectivity index (χ3v) is 35.5. The molecule has 0 saturated heterocycles. The molecule has 0 amide bonds. The summed E-state index contributed by atoms with van der Waals surface area (Å²) >= 11 is 0. The van der Waals surface area contributed by atoms with Crippen LogP contribution in [0.5, 0.6) is 5.75 Å². The van der Waals surface area contributed by atoms with E-state index < -0.39 is 33.3 Å². The molecule has 1 rings (SSSR count). The van der Waals surface area contributed by atoms with Crippen molar-refractivity contribution in [2.45, 2.75) is 259 Å². The van der Waals surface area contributed by atoms with E-state index in [0.29, 0.717) is 12.5 Å². The summed E-state index contributed by atoms with van der Waals surface area (Å²) in [5, 5.41) is 10.0. The Morgan fingerprint density at radius 2 is 1.01 bits per heavy atom. The second-order valence-electron chi connectivity index (χ2n) is 27.8. The number of rotatable bonds is 31. The van der Waals surface area contributed by atoms with Gasteiger partial charge in [-0.1, -0.05) is 192 Å². The summed E-state index contributed by atoms with van der Waals surface area (Å²) in [6.07, 6.45) is 19.7. The number of hydrogen-bond acceptors (Lipinski definition) is 7. The zero-order valence-corrected chi connectivity index (χ0v) is 55.7. The minimum atomic E-state index is -2.19. The molecule has 1 N–H and O–H groups in total. The van der Waals surface area contributed by atoms with Crippen LogP contribution in [0.4, 0.5) is 0 Å². The van der Waals surface area contributed by atoms with Gasteiger partial charge in [0.15, 0.2) is 33.3 Å². The Kier molecular flexibility index (Phi) is 27.5. The minimum absolute atomic E-state index is 0.0195. The predicted octanol–water partition coefficient (Wildman–Crippen LogP) is 18.1. The quantitative estimate of drug-likeness (QED) is 0.0344. The molecule has 0 spiro atoms. The van der Waals surface area contributed by atoms with Crippen LogP contribution in [0.15, 0.2) is 73.4 Å². The lowest BCUT2D eigenvalue weighted by molar-refractivity contribution is -0.0544. The highest BCUT2D eigenvalue weighted by molar-refractivity contribution is 6.75. The van der Waals surface area contributed by atoms with Crippen molar-refractivity contribution in [3.05, 3.63) is 78.9 Å². The second kappa shape index (κ2) is 28.8. The van der Waals surface area contributed by atoms with Crippen LogP contribution < -0.4 is 4.74 Å². The highest BCUT2D eigenvalue weighted by Gasteiger charge is 2.45. The molecule has 0 saturated carbocycles. The number of allylic oxidation sites excluding steroid dienone is 2. The van der Waals surface area contributed by atoms with Gasteiger partial charge in [0, 0.05) is 18.3 Å². The molecule has 0 heterocycles. The molecule has 11 heteroatoms. The van der Waals surface area contributed by atoms with Gasteiger partial charge in [-0.3, -0.25) is 0 Å². The summed E-state index contributed by atoms with van der Waals surface area (Å²) < 4.78 is 41.9. The first kappa shape index (κ1) is 68.6. The van der Waals surface area contributed by atoms with Crippen molar-refractivity contribution in [1.29, 1.82) is 0 Å². The molecule has 0 aliphatic carbocycles. The van der Waals surface area contributed by atoms with Crippen LogP contribution in [0.3, 0.4) is 0 Å². The highest BCUT2D eigenvalue weighted by Crippen LogP contribution is 2.44. The van der Waals surface area contributed by atoms with Gasteiger partial charge in [-0.2, -0.15) is 0 Å². The van der Waals surface area contributed by atoms with Crippen LogP contribution >= 0.6 is 0 Å². The Morgan fingerprint density at radius 3 is 1.49 bits per heavy atom. The molecule has 0 fully saturated rings. The van der Waals surface area contributed by atoms with Gasteiger partial charge in [-0.15, -0.1) is 0 Å². The molecule has 0 radical (unpaired) electrons. The fourth-order valence-corrected chi connectivity index (χ4v) is 13.8. The number of ether oxygens (including phenoxy) is 2. The van der Waals surface area contributed by atoms with Gasteiger partial charge in [0.1, 0.15) is 5.75 Å². The first-order valence-electron chi connectivity index (χ1n) is 27.9. The monoisotopic (exact) mass is 1070 g/mol. The molecule has 0 bridgehead atoms. The Balaban J connectivity index is 3.70. The van der Waals surface area contributed by atoms with Crippen molar-refractivity contribution in [2.75, 3.05) is 13.7 Å². The summed E-state index contributed by atoms with van der Waals surface area (Å²) in [6.45, 7) is 63.1. The summed E-state index contributed by atoms with van der Waals surface area (Å²) in [7, 11) is -6.92. The Hall–Kier alpha value is -1.39. The van der Waals surface area contributed by atoms with E-state index in [0.717, 1.165) is 43.4 Å². The average Bonchev–Trinajstić information content (AvgIpc) is 3.24. The van der Waals surface area contributed by atoms with E-state index in [9.17, 15) is 5.11 Å². The van der Waals surface area contributed by atoms with Gasteiger partial charge in [-0.05, 0) is 121 Å². The van der Waals surface area contributed by atoms with E-state index >= 15 is 0 Å². The average molecular weight is 1070 g/mol. The van der Waals surface area contributed by atoms with Gasteiger partial charge in [0.05, 0.1) is 50.8 Å². The fourth-order valence-electron chi connectivity index (χ4n) is 8.17. The molecule has 0 aromatic heterocycles. The SMILES string of the molecule is C=CC=C[C@H](C)[C@H](OCc1ccc(OC)cc1)[C@@H](C)[C@@H](CCCC[C@H](C)C(O[Si](C)(C)C(C)(C)C)C(C)C=C[C@H](C[C@H](O[Si](C)(C)C(C)(C)C)[C@H](C)C=CCO)O[Si](C)(C)C(C)(C)C)O[Si](C)(C)C(C)(C)C. The van der Waals surface area contributed by atoms with E-state index in [1.807, 2.05) is 30.4 Å². The summed E-state index contributed by atoms with van der Waals surface area (Å²) in [5.74, 6) is 1.77. The molecule has 7 nitrogen and oxygen atoms in total.